The Labute approximate surface area is 142 Å². The van der Waals surface area contributed by atoms with Crippen LogP contribution < -0.4 is 10.2 Å². The molecule has 0 aromatic heterocycles. The van der Waals surface area contributed by atoms with Gasteiger partial charge in [0.05, 0.1) is 0 Å². The number of aryl methyl sites for hydroxylation is 1. The number of nitrogens with zero attached hydrogens (tertiary/aromatic N) is 1. The Balaban J connectivity index is 1.46. The molecule has 2 aromatic rings. The van der Waals surface area contributed by atoms with Gasteiger partial charge in [-0.25, -0.2) is 0 Å². The number of amides is 2. The summed E-state index contributed by atoms with van der Waals surface area (Å²) < 4.78 is 0. The molecule has 1 heterocycles. The first-order valence-electron chi connectivity index (χ1n) is 8.44. The van der Waals surface area contributed by atoms with Gasteiger partial charge in [-0.3, -0.25) is 9.59 Å². The van der Waals surface area contributed by atoms with E-state index in [1.165, 1.54) is 5.56 Å². The average Bonchev–Trinajstić information content (AvgIpc) is 2.97. The molecule has 124 valence electrons. The predicted octanol–water partition coefficient (Wildman–Crippen LogP) is 2.93. The number of rotatable bonds is 6. The number of hydrogen-bond donors (Lipinski definition) is 1. The Morgan fingerprint density at radius 2 is 1.71 bits per heavy atom. The van der Waals surface area contributed by atoms with Crippen LogP contribution >= 0.6 is 0 Å². The standard InChI is InChI=1S/C20H22N2O2/c23-19(13-7-10-16-8-3-1-4-9-16)21-18-14-15-22(20(18)24)17-11-5-2-6-12-17/h1-6,8-9,11-12,18H,7,10,13-15H2,(H,21,23)/t18-/m0/s1. The SMILES string of the molecule is O=C(CCCc1ccccc1)N[C@H]1CCN(c2ccccc2)C1=O. The van der Waals surface area contributed by atoms with Gasteiger partial charge in [-0.1, -0.05) is 48.5 Å². The Morgan fingerprint density at radius 1 is 1.04 bits per heavy atom. The zero-order valence-electron chi connectivity index (χ0n) is 13.7. The Bertz CT molecular complexity index is 685. The van der Waals surface area contributed by atoms with Crippen LogP contribution in [-0.2, 0) is 16.0 Å². The molecule has 1 fully saturated rings. The molecule has 0 bridgehead atoms. The minimum atomic E-state index is -0.394. The van der Waals surface area contributed by atoms with Crippen LogP contribution in [0.25, 0.3) is 0 Å². The first kappa shape index (κ1) is 16.2. The zero-order valence-corrected chi connectivity index (χ0v) is 13.7. The van der Waals surface area contributed by atoms with Crippen LogP contribution in [0.4, 0.5) is 5.69 Å². The van der Waals surface area contributed by atoms with Crippen molar-refractivity contribution in [1.29, 1.82) is 0 Å². The summed E-state index contributed by atoms with van der Waals surface area (Å²) in [5, 5.41) is 2.88. The van der Waals surface area contributed by atoms with Crippen LogP contribution in [0.3, 0.4) is 0 Å². The molecule has 0 unspecified atom stereocenters. The van der Waals surface area contributed by atoms with Crippen molar-refractivity contribution in [2.45, 2.75) is 31.7 Å². The van der Waals surface area contributed by atoms with Crippen molar-refractivity contribution in [2.75, 3.05) is 11.4 Å². The second kappa shape index (κ2) is 7.77. The molecule has 1 N–H and O–H groups in total. The Morgan fingerprint density at radius 3 is 2.42 bits per heavy atom. The highest BCUT2D eigenvalue weighted by atomic mass is 16.2. The molecule has 4 heteroatoms. The summed E-state index contributed by atoms with van der Waals surface area (Å²) in [4.78, 5) is 26.3. The number of nitrogens with one attached hydrogen (secondary N) is 1. The number of anilines is 1. The van der Waals surface area contributed by atoms with Gasteiger partial charge in [-0.15, -0.1) is 0 Å². The number of carbonyl (C=O) groups excluding carboxylic acids is 2. The monoisotopic (exact) mass is 322 g/mol. The summed E-state index contributed by atoms with van der Waals surface area (Å²) in [7, 11) is 0. The number of benzene rings is 2. The molecule has 0 saturated carbocycles. The molecular weight excluding hydrogens is 300 g/mol. The number of hydrogen-bond acceptors (Lipinski definition) is 2. The highest BCUT2D eigenvalue weighted by molar-refractivity contribution is 6.01. The topological polar surface area (TPSA) is 49.4 Å². The lowest BCUT2D eigenvalue weighted by Gasteiger charge is -2.17. The van der Waals surface area contributed by atoms with Gasteiger partial charge in [0.15, 0.2) is 0 Å². The van der Waals surface area contributed by atoms with Crippen LogP contribution in [0.15, 0.2) is 60.7 Å². The highest BCUT2D eigenvalue weighted by Crippen LogP contribution is 2.21. The maximum Gasteiger partial charge on any atom is 0.249 e. The van der Waals surface area contributed by atoms with Gasteiger partial charge in [0.1, 0.15) is 6.04 Å². The fraction of sp³-hybridized carbons (Fsp3) is 0.300. The van der Waals surface area contributed by atoms with E-state index in [0.717, 1.165) is 18.5 Å². The first-order chi connectivity index (χ1) is 11.7. The van der Waals surface area contributed by atoms with Crippen LogP contribution in [0, 0.1) is 0 Å². The molecule has 2 amide bonds. The van der Waals surface area contributed by atoms with Gasteiger partial charge < -0.3 is 10.2 Å². The molecule has 4 nitrogen and oxygen atoms in total. The average molecular weight is 322 g/mol. The fourth-order valence-electron chi connectivity index (χ4n) is 3.04. The maximum absolute atomic E-state index is 12.4. The van der Waals surface area contributed by atoms with E-state index >= 15 is 0 Å². The van der Waals surface area contributed by atoms with E-state index in [2.05, 4.69) is 17.4 Å². The van der Waals surface area contributed by atoms with Gasteiger partial charge in [0.2, 0.25) is 11.8 Å². The van der Waals surface area contributed by atoms with Gasteiger partial charge in [0, 0.05) is 18.7 Å². The second-order valence-electron chi connectivity index (χ2n) is 6.07. The van der Waals surface area contributed by atoms with E-state index in [9.17, 15) is 9.59 Å². The highest BCUT2D eigenvalue weighted by Gasteiger charge is 2.33. The van der Waals surface area contributed by atoms with Crippen molar-refractivity contribution >= 4 is 17.5 Å². The fourth-order valence-corrected chi connectivity index (χ4v) is 3.04. The summed E-state index contributed by atoms with van der Waals surface area (Å²) in [6, 6.07) is 19.3. The molecule has 1 aliphatic rings. The molecule has 2 aromatic carbocycles. The van der Waals surface area contributed by atoms with Gasteiger partial charge in [-0.05, 0) is 37.0 Å². The molecule has 0 radical (unpaired) electrons. The van der Waals surface area contributed by atoms with Crippen molar-refractivity contribution in [3.63, 3.8) is 0 Å². The van der Waals surface area contributed by atoms with Crippen molar-refractivity contribution in [2.24, 2.45) is 0 Å². The van der Waals surface area contributed by atoms with E-state index in [1.807, 2.05) is 48.5 Å². The Hall–Kier alpha value is -2.62. The lowest BCUT2D eigenvalue weighted by atomic mass is 10.1. The summed E-state index contributed by atoms with van der Waals surface area (Å²) in [5.74, 6) is -0.0585. The summed E-state index contributed by atoms with van der Waals surface area (Å²) in [5.41, 5.74) is 2.13. The van der Waals surface area contributed by atoms with Crippen LogP contribution in [-0.4, -0.2) is 24.4 Å². The summed E-state index contributed by atoms with van der Waals surface area (Å²) >= 11 is 0. The minimum Gasteiger partial charge on any atom is -0.344 e. The molecular formula is C20H22N2O2. The molecule has 1 aliphatic heterocycles. The van der Waals surface area contributed by atoms with E-state index in [1.54, 1.807) is 4.90 Å². The summed E-state index contributed by atoms with van der Waals surface area (Å²) in [6.45, 7) is 0.651. The molecule has 3 rings (SSSR count). The minimum absolute atomic E-state index is 0.0161. The smallest absolute Gasteiger partial charge is 0.249 e. The molecule has 0 aliphatic carbocycles. The van der Waals surface area contributed by atoms with Crippen molar-refractivity contribution < 1.29 is 9.59 Å². The third kappa shape index (κ3) is 4.02. The lowest BCUT2D eigenvalue weighted by Crippen LogP contribution is -2.41. The van der Waals surface area contributed by atoms with Crippen molar-refractivity contribution in [1.82, 2.24) is 5.32 Å². The largest absolute Gasteiger partial charge is 0.344 e. The van der Waals surface area contributed by atoms with Gasteiger partial charge >= 0.3 is 0 Å². The zero-order chi connectivity index (χ0) is 16.8. The molecule has 1 saturated heterocycles. The van der Waals surface area contributed by atoms with Crippen LogP contribution in [0.5, 0.6) is 0 Å². The van der Waals surface area contributed by atoms with E-state index < -0.39 is 6.04 Å². The Kier molecular flexibility index (Phi) is 5.26. The number of carbonyl (C=O) groups is 2. The van der Waals surface area contributed by atoms with Crippen molar-refractivity contribution in [3.8, 4) is 0 Å². The molecule has 0 spiro atoms. The van der Waals surface area contributed by atoms with Gasteiger partial charge in [0.25, 0.3) is 0 Å². The number of para-hydroxylation sites is 1. The normalized spacial score (nSPS) is 17.1. The quantitative estimate of drug-likeness (QED) is 0.889. The van der Waals surface area contributed by atoms with E-state index in [0.29, 0.717) is 19.4 Å². The predicted molar refractivity (Wildman–Crippen MR) is 94.7 cm³/mol. The third-order valence-electron chi connectivity index (χ3n) is 4.32. The molecule has 24 heavy (non-hydrogen) atoms. The van der Waals surface area contributed by atoms with E-state index in [4.69, 9.17) is 0 Å². The third-order valence-corrected chi connectivity index (χ3v) is 4.32. The van der Waals surface area contributed by atoms with E-state index in [-0.39, 0.29) is 11.8 Å². The maximum atomic E-state index is 12.4. The molecule has 1 atom stereocenters. The summed E-state index contributed by atoms with van der Waals surface area (Å²) in [6.07, 6.45) is 2.78. The first-order valence-corrected chi connectivity index (χ1v) is 8.44. The second-order valence-corrected chi connectivity index (χ2v) is 6.07. The van der Waals surface area contributed by atoms with Crippen molar-refractivity contribution in [3.05, 3.63) is 66.2 Å². The lowest BCUT2D eigenvalue weighted by molar-refractivity contribution is -0.126. The van der Waals surface area contributed by atoms with Crippen LogP contribution in [0.2, 0.25) is 0 Å². The van der Waals surface area contributed by atoms with Crippen LogP contribution in [0.1, 0.15) is 24.8 Å². The van der Waals surface area contributed by atoms with Gasteiger partial charge in [-0.2, -0.15) is 0 Å².